The monoisotopic (exact) mass is 944 g/mol. The van der Waals surface area contributed by atoms with Crippen LogP contribution in [0.3, 0.4) is 0 Å². The zero-order chi connectivity index (χ0) is 46.7. The number of nitrogens with one attached hydrogen (secondary N) is 1. The van der Waals surface area contributed by atoms with Gasteiger partial charge in [0.05, 0.1) is 22.1 Å². The number of carbonyl (C=O) groups excluding carboxylic acids is 3. The Morgan fingerprint density at radius 3 is 1.98 bits per heavy atom. The summed E-state index contributed by atoms with van der Waals surface area (Å²) in [7, 11) is 0. The summed E-state index contributed by atoms with van der Waals surface area (Å²) in [6.07, 6.45) is 5.84. The first-order valence-corrected chi connectivity index (χ1v) is 23.3. The van der Waals surface area contributed by atoms with Gasteiger partial charge in [-0.1, -0.05) is 71.7 Å². The molecule has 5 heterocycles. The molecule has 4 aromatic heterocycles. The maximum Gasteiger partial charge on any atom is 0.267 e. The van der Waals surface area contributed by atoms with E-state index in [4.69, 9.17) is 40.4 Å². The summed E-state index contributed by atoms with van der Waals surface area (Å²) in [5.74, 6) is 0.539. The van der Waals surface area contributed by atoms with Gasteiger partial charge in [-0.2, -0.15) is 0 Å². The van der Waals surface area contributed by atoms with Crippen LogP contribution in [0, 0.1) is 5.92 Å². The largest absolute Gasteiger partial charge is 0.364 e. The first-order chi connectivity index (χ1) is 31.9. The molecule has 3 aromatic carbocycles. The fraction of sp³-hybridized carbons (Fsp3) is 0.271. The van der Waals surface area contributed by atoms with Crippen LogP contribution in [0.15, 0.2) is 96.4 Å². The van der Waals surface area contributed by atoms with Crippen molar-refractivity contribution in [2.24, 2.45) is 23.1 Å². The van der Waals surface area contributed by atoms with Crippen molar-refractivity contribution in [3.63, 3.8) is 0 Å². The number of carbonyl (C=O) groups is 3. The number of hydrogen-bond acceptors (Lipinski definition) is 13. The molecule has 9 rings (SSSR count). The van der Waals surface area contributed by atoms with Crippen LogP contribution < -0.4 is 32.3 Å². The maximum absolute atomic E-state index is 11.7. The quantitative estimate of drug-likeness (QED) is 0.0850. The highest BCUT2D eigenvalue weighted by molar-refractivity contribution is 7.17. The van der Waals surface area contributed by atoms with Crippen molar-refractivity contribution in [1.29, 1.82) is 0 Å². The molecule has 7 aromatic rings. The van der Waals surface area contributed by atoms with E-state index in [1.165, 1.54) is 24.0 Å². The highest BCUT2D eigenvalue weighted by atomic mass is 35.5. The van der Waals surface area contributed by atoms with Crippen molar-refractivity contribution in [1.82, 2.24) is 29.9 Å². The Hall–Kier alpha value is -6.75. The molecule has 1 aliphatic heterocycles. The van der Waals surface area contributed by atoms with Crippen LogP contribution in [-0.2, 0) is 0 Å². The fourth-order valence-electron chi connectivity index (χ4n) is 7.12. The number of rotatable bonds is 13. The Bertz CT molecular complexity index is 2830. The van der Waals surface area contributed by atoms with Gasteiger partial charge in [-0.15, -0.1) is 11.3 Å². The molecule has 15 nitrogen and oxygen atoms in total. The number of hydrogen-bond donors (Lipinski definition) is 4. The smallest absolute Gasteiger partial charge is 0.267 e. The normalized spacial score (nSPS) is 13.2. The van der Waals surface area contributed by atoms with Gasteiger partial charge in [-0.05, 0) is 94.3 Å². The van der Waals surface area contributed by atoms with E-state index in [1.54, 1.807) is 47.7 Å². The van der Waals surface area contributed by atoms with Gasteiger partial charge in [-0.25, -0.2) is 29.9 Å². The van der Waals surface area contributed by atoms with E-state index in [-0.39, 0.29) is 17.1 Å². The van der Waals surface area contributed by atoms with Gasteiger partial charge in [0.1, 0.15) is 17.1 Å². The van der Waals surface area contributed by atoms with Crippen LogP contribution in [0.4, 0.5) is 17.8 Å². The third-order valence-corrected chi connectivity index (χ3v) is 12.4. The van der Waals surface area contributed by atoms with Gasteiger partial charge in [0.2, 0.25) is 17.8 Å². The maximum atomic E-state index is 11.7. The van der Waals surface area contributed by atoms with Gasteiger partial charge in [-0.3, -0.25) is 14.4 Å². The zero-order valence-electron chi connectivity index (χ0n) is 36.6. The number of aromatic nitrogens is 6. The number of thiophene rings is 1. The highest BCUT2D eigenvalue weighted by Crippen LogP contribution is 2.34. The average molecular weight is 946 g/mol. The standard InChI is InChI=1S/C17H18N4OS.C16H16Cl2N4O.C15H16N4O/c1-3-21(4-2)17-19-13(9-14(20-17)16(18)22)12-10-23-15-8-6-5-7-11(12)15;17-10-4-5-12(18)11(8-10)13-9-14(15(19)23)21-16(20-13)22-6-2-1-3-7-22;16-14(20)13-8-12(11-4-2-1-3-5-11)18-15(19-13)17-9-10-6-7-10/h5-10H,3-4H2,1-2H3,(H2,18,22);4-5,8-9H,1-3,6-7H2,(H2,19,23);1-5,8,10H,6-7,9H2,(H2,16,20)(H,17,18,19). The third kappa shape index (κ3) is 12.1. The number of piperidine rings is 1. The van der Waals surface area contributed by atoms with Crippen LogP contribution >= 0.6 is 34.5 Å². The first kappa shape index (κ1) is 47.2. The number of nitrogens with zero attached hydrogens (tertiary/aromatic N) is 8. The molecule has 1 saturated carbocycles. The number of primary amides is 3. The predicted molar refractivity (Wildman–Crippen MR) is 264 cm³/mol. The molecule has 66 heavy (non-hydrogen) atoms. The Balaban J connectivity index is 0.000000148. The number of amides is 3. The molecule has 1 saturated heterocycles. The lowest BCUT2D eigenvalue weighted by molar-refractivity contribution is 0.0987. The van der Waals surface area contributed by atoms with Crippen LogP contribution in [0.2, 0.25) is 10.0 Å². The molecule has 0 atom stereocenters. The van der Waals surface area contributed by atoms with Crippen molar-refractivity contribution in [2.45, 2.75) is 46.0 Å². The molecular weight excluding hydrogens is 896 g/mol. The van der Waals surface area contributed by atoms with E-state index in [2.05, 4.69) is 57.6 Å². The van der Waals surface area contributed by atoms with Crippen molar-refractivity contribution < 1.29 is 14.4 Å². The van der Waals surface area contributed by atoms with E-state index in [0.29, 0.717) is 50.8 Å². The van der Waals surface area contributed by atoms with Crippen LogP contribution in [-0.4, -0.2) is 80.3 Å². The van der Waals surface area contributed by atoms with Crippen LogP contribution in [0.5, 0.6) is 0 Å². The lowest BCUT2D eigenvalue weighted by Crippen LogP contribution is -2.31. The van der Waals surface area contributed by atoms with Gasteiger partial charge in [0, 0.05) is 69.9 Å². The SMILES string of the molecule is CCN(CC)c1nc(C(N)=O)cc(-c2csc3ccccc23)n1.NC(=O)c1cc(-c2cc(Cl)ccc2Cl)nc(N2CCCCC2)n1.NC(=O)c1cc(-c2ccccc2)nc(NCC2CC2)n1. The molecular formula is C48H50Cl2N12O3S. The van der Waals surface area contributed by atoms with Crippen molar-refractivity contribution in [3.05, 3.63) is 124 Å². The minimum absolute atomic E-state index is 0.173. The topological polar surface area (TPSA) is 225 Å². The first-order valence-electron chi connectivity index (χ1n) is 21.7. The van der Waals surface area contributed by atoms with E-state index in [1.807, 2.05) is 61.2 Å². The van der Waals surface area contributed by atoms with Gasteiger partial charge >= 0.3 is 0 Å². The summed E-state index contributed by atoms with van der Waals surface area (Å²) in [5, 5.41) is 7.42. The minimum Gasteiger partial charge on any atom is -0.364 e. The van der Waals surface area contributed by atoms with Crippen molar-refractivity contribution in [3.8, 4) is 33.8 Å². The summed E-state index contributed by atoms with van der Waals surface area (Å²) in [6.45, 7) is 8.17. The molecule has 2 fully saturated rings. The molecule has 18 heteroatoms. The van der Waals surface area contributed by atoms with Crippen molar-refractivity contribution >= 4 is 80.2 Å². The second kappa shape index (κ2) is 22.0. The average Bonchev–Trinajstić information content (AvgIpc) is 4.08. The molecule has 0 unspecified atom stereocenters. The molecule has 1 aliphatic carbocycles. The molecule has 7 N–H and O–H groups in total. The Morgan fingerprint density at radius 1 is 0.697 bits per heavy atom. The van der Waals surface area contributed by atoms with E-state index in [0.717, 1.165) is 67.8 Å². The summed E-state index contributed by atoms with van der Waals surface area (Å²) >= 11 is 14.0. The summed E-state index contributed by atoms with van der Waals surface area (Å²) < 4.78 is 1.19. The Morgan fingerprint density at radius 2 is 1.32 bits per heavy atom. The Kier molecular flexibility index (Phi) is 15.7. The van der Waals surface area contributed by atoms with Gasteiger partial charge in [0.15, 0.2) is 0 Å². The summed E-state index contributed by atoms with van der Waals surface area (Å²) in [5.41, 5.74) is 21.4. The van der Waals surface area contributed by atoms with Gasteiger partial charge in [0.25, 0.3) is 17.7 Å². The van der Waals surface area contributed by atoms with Crippen LogP contribution in [0.25, 0.3) is 43.9 Å². The van der Waals surface area contributed by atoms with Crippen molar-refractivity contribution in [2.75, 3.05) is 47.8 Å². The number of fused-ring (bicyclic) bond motifs is 1. The molecule has 2 aliphatic rings. The molecule has 0 spiro atoms. The number of nitrogens with two attached hydrogens (primary N) is 3. The molecule has 0 bridgehead atoms. The second-order valence-electron chi connectivity index (χ2n) is 15.6. The Labute approximate surface area is 396 Å². The van der Waals surface area contributed by atoms with E-state index >= 15 is 0 Å². The van der Waals surface area contributed by atoms with Gasteiger partial charge < -0.3 is 32.3 Å². The summed E-state index contributed by atoms with van der Waals surface area (Å²) in [4.78, 5) is 65.2. The summed E-state index contributed by atoms with van der Waals surface area (Å²) in [6, 6.07) is 27.8. The van der Waals surface area contributed by atoms with Crippen LogP contribution in [0.1, 0.15) is 77.4 Å². The zero-order valence-corrected chi connectivity index (χ0v) is 38.9. The predicted octanol–water partition coefficient (Wildman–Crippen LogP) is 8.91. The molecule has 3 amide bonds. The highest BCUT2D eigenvalue weighted by Gasteiger charge is 2.22. The number of benzene rings is 3. The fourth-order valence-corrected chi connectivity index (χ4v) is 8.46. The second-order valence-corrected chi connectivity index (χ2v) is 17.4. The minimum atomic E-state index is -0.593. The lowest BCUT2D eigenvalue weighted by Gasteiger charge is -2.27. The number of anilines is 3. The molecule has 340 valence electrons. The molecule has 0 radical (unpaired) electrons. The number of halogens is 2. The van der Waals surface area contributed by atoms with E-state index < -0.39 is 17.7 Å². The van der Waals surface area contributed by atoms with E-state index in [9.17, 15) is 14.4 Å². The third-order valence-electron chi connectivity index (χ3n) is 10.9. The lowest BCUT2D eigenvalue weighted by atomic mass is 10.1.